The zero-order valence-corrected chi connectivity index (χ0v) is 8.60. The van der Waals surface area contributed by atoms with Crippen LogP contribution in [0.5, 0.6) is 0 Å². The lowest BCUT2D eigenvalue weighted by Gasteiger charge is -2.06. The number of allylic oxidation sites excluding steroid dienone is 1. The van der Waals surface area contributed by atoms with Gasteiger partial charge in [-0.05, 0) is 19.9 Å². The predicted octanol–water partition coefficient (Wildman–Crippen LogP) is 1.23. The molecule has 4 N–H and O–H groups in total. The maximum atomic E-state index is 7.31. The molecular formula is C9H15N5. The van der Waals surface area contributed by atoms with Gasteiger partial charge in [-0.25, -0.2) is 0 Å². The molecule has 0 saturated heterocycles. The first kappa shape index (κ1) is 10.3. The Balaban J connectivity index is 2.70. The molecule has 1 aromatic rings. The van der Waals surface area contributed by atoms with E-state index in [1.807, 2.05) is 13.0 Å². The lowest BCUT2D eigenvalue weighted by Crippen LogP contribution is -2.16. The van der Waals surface area contributed by atoms with E-state index in [4.69, 9.17) is 5.41 Å². The van der Waals surface area contributed by atoms with Gasteiger partial charge in [0.15, 0.2) is 5.82 Å². The summed E-state index contributed by atoms with van der Waals surface area (Å²) in [5.74, 6) is 1.49. The van der Waals surface area contributed by atoms with E-state index in [9.17, 15) is 0 Å². The first-order valence-corrected chi connectivity index (χ1v) is 4.35. The Morgan fingerprint density at radius 1 is 1.64 bits per heavy atom. The van der Waals surface area contributed by atoms with Crippen LogP contribution in [-0.2, 0) is 0 Å². The standard InChI is InChI=1S/C9H15N5/c1-6(10)4-8(11-3)12-9-5-7(2)13-14-9/h4-5,10-11H,1-3H3,(H2,12,13,14)/b8-4+,10-6?. The first-order chi connectivity index (χ1) is 6.61. The maximum Gasteiger partial charge on any atom is 0.153 e. The van der Waals surface area contributed by atoms with Crippen molar-refractivity contribution in [2.75, 3.05) is 12.4 Å². The molecule has 14 heavy (non-hydrogen) atoms. The fourth-order valence-electron chi connectivity index (χ4n) is 1.01. The number of nitrogens with one attached hydrogen (secondary N) is 4. The van der Waals surface area contributed by atoms with Gasteiger partial charge in [-0.15, -0.1) is 0 Å². The number of anilines is 1. The number of aromatic amines is 1. The molecule has 1 aromatic heterocycles. The second-order valence-corrected chi connectivity index (χ2v) is 3.05. The molecule has 0 atom stereocenters. The zero-order chi connectivity index (χ0) is 10.6. The smallest absolute Gasteiger partial charge is 0.153 e. The fourth-order valence-corrected chi connectivity index (χ4v) is 1.01. The number of hydrogen-bond donors (Lipinski definition) is 4. The molecule has 76 valence electrons. The molecule has 0 amide bonds. The van der Waals surface area contributed by atoms with Crippen molar-refractivity contribution in [3.63, 3.8) is 0 Å². The van der Waals surface area contributed by atoms with Crippen LogP contribution in [0.15, 0.2) is 18.0 Å². The Morgan fingerprint density at radius 3 is 2.79 bits per heavy atom. The van der Waals surface area contributed by atoms with Gasteiger partial charge in [0.2, 0.25) is 0 Å². The minimum atomic E-state index is 0.481. The molecule has 0 aromatic carbocycles. The van der Waals surface area contributed by atoms with Gasteiger partial charge in [0.25, 0.3) is 0 Å². The summed E-state index contributed by atoms with van der Waals surface area (Å²) in [6, 6.07) is 1.89. The van der Waals surface area contributed by atoms with Crippen LogP contribution in [0.1, 0.15) is 12.6 Å². The molecule has 1 rings (SSSR count). The van der Waals surface area contributed by atoms with E-state index in [0.29, 0.717) is 5.71 Å². The van der Waals surface area contributed by atoms with Gasteiger partial charge in [-0.2, -0.15) is 5.10 Å². The zero-order valence-electron chi connectivity index (χ0n) is 8.60. The van der Waals surface area contributed by atoms with Crippen LogP contribution in [0.25, 0.3) is 0 Å². The molecule has 1 heterocycles. The molecule has 0 radical (unpaired) electrons. The third-order valence-corrected chi connectivity index (χ3v) is 1.60. The predicted molar refractivity (Wildman–Crippen MR) is 57.5 cm³/mol. The van der Waals surface area contributed by atoms with E-state index in [-0.39, 0.29) is 0 Å². The van der Waals surface area contributed by atoms with Crippen LogP contribution in [0.2, 0.25) is 0 Å². The van der Waals surface area contributed by atoms with Crippen molar-refractivity contribution in [2.45, 2.75) is 13.8 Å². The van der Waals surface area contributed by atoms with E-state index < -0.39 is 0 Å². The Morgan fingerprint density at radius 2 is 2.36 bits per heavy atom. The summed E-state index contributed by atoms with van der Waals surface area (Å²) in [6.07, 6.45) is 1.70. The minimum absolute atomic E-state index is 0.481. The second-order valence-electron chi connectivity index (χ2n) is 3.05. The van der Waals surface area contributed by atoms with Crippen molar-refractivity contribution in [1.29, 1.82) is 5.41 Å². The highest BCUT2D eigenvalue weighted by molar-refractivity contribution is 5.90. The van der Waals surface area contributed by atoms with E-state index >= 15 is 0 Å². The third-order valence-electron chi connectivity index (χ3n) is 1.60. The van der Waals surface area contributed by atoms with E-state index in [0.717, 1.165) is 17.3 Å². The minimum Gasteiger partial charge on any atom is -0.375 e. The van der Waals surface area contributed by atoms with Crippen LogP contribution in [-0.4, -0.2) is 23.0 Å². The fraction of sp³-hybridized carbons (Fsp3) is 0.333. The van der Waals surface area contributed by atoms with Crippen molar-refractivity contribution in [3.8, 4) is 0 Å². The highest BCUT2D eigenvalue weighted by Crippen LogP contribution is 2.05. The van der Waals surface area contributed by atoms with Gasteiger partial charge in [-0.3, -0.25) is 5.10 Å². The Kier molecular flexibility index (Phi) is 3.28. The van der Waals surface area contributed by atoms with Crippen molar-refractivity contribution < 1.29 is 0 Å². The van der Waals surface area contributed by atoms with Crippen LogP contribution in [0.4, 0.5) is 5.82 Å². The Bertz CT molecular complexity index is 350. The molecule has 0 unspecified atom stereocenters. The van der Waals surface area contributed by atoms with E-state index in [1.165, 1.54) is 0 Å². The summed E-state index contributed by atoms with van der Waals surface area (Å²) in [5, 5.41) is 20.2. The van der Waals surface area contributed by atoms with Crippen molar-refractivity contribution in [3.05, 3.63) is 23.7 Å². The van der Waals surface area contributed by atoms with Crippen molar-refractivity contribution in [1.82, 2.24) is 15.5 Å². The van der Waals surface area contributed by atoms with Gasteiger partial charge < -0.3 is 16.0 Å². The van der Waals surface area contributed by atoms with Gasteiger partial charge >= 0.3 is 0 Å². The summed E-state index contributed by atoms with van der Waals surface area (Å²) >= 11 is 0. The van der Waals surface area contributed by atoms with E-state index in [1.54, 1.807) is 20.0 Å². The molecular weight excluding hydrogens is 178 g/mol. The summed E-state index contributed by atoms with van der Waals surface area (Å²) in [6.45, 7) is 3.65. The SMILES string of the molecule is CN/C(=C\C(C)=N)Nc1cc(C)[nH]n1. The number of hydrogen-bond acceptors (Lipinski definition) is 4. The lowest BCUT2D eigenvalue weighted by molar-refractivity contribution is 0.979. The quantitative estimate of drug-likeness (QED) is 0.543. The summed E-state index contributed by atoms with van der Waals surface area (Å²) in [5.41, 5.74) is 1.48. The first-order valence-electron chi connectivity index (χ1n) is 4.35. The lowest BCUT2D eigenvalue weighted by atomic mass is 10.4. The molecule has 5 nitrogen and oxygen atoms in total. The average molecular weight is 193 g/mol. The van der Waals surface area contributed by atoms with E-state index in [2.05, 4.69) is 20.8 Å². The van der Waals surface area contributed by atoms with Crippen molar-refractivity contribution >= 4 is 11.5 Å². The average Bonchev–Trinajstić information content (AvgIpc) is 2.49. The highest BCUT2D eigenvalue weighted by atomic mass is 15.2. The highest BCUT2D eigenvalue weighted by Gasteiger charge is 1.99. The Labute approximate surface area is 83.1 Å². The molecule has 0 aliphatic carbocycles. The third kappa shape index (κ3) is 2.93. The number of nitrogens with zero attached hydrogens (tertiary/aromatic N) is 1. The van der Waals surface area contributed by atoms with Gasteiger partial charge in [0.1, 0.15) is 5.82 Å². The molecule has 0 saturated carbocycles. The number of aryl methyl sites for hydroxylation is 1. The maximum absolute atomic E-state index is 7.31. The molecule has 0 bridgehead atoms. The summed E-state index contributed by atoms with van der Waals surface area (Å²) in [7, 11) is 1.79. The number of rotatable bonds is 4. The number of aromatic nitrogens is 2. The normalized spacial score (nSPS) is 11.2. The molecule has 0 aliphatic heterocycles. The molecule has 0 spiro atoms. The second kappa shape index (κ2) is 4.45. The number of H-pyrrole nitrogens is 1. The summed E-state index contributed by atoms with van der Waals surface area (Å²) in [4.78, 5) is 0. The molecule has 0 aliphatic rings. The van der Waals surface area contributed by atoms with Gasteiger partial charge in [0, 0.05) is 24.5 Å². The molecule has 0 fully saturated rings. The van der Waals surface area contributed by atoms with Crippen molar-refractivity contribution in [2.24, 2.45) is 0 Å². The van der Waals surface area contributed by atoms with Gasteiger partial charge in [0.05, 0.1) is 0 Å². The Hall–Kier alpha value is -1.78. The summed E-state index contributed by atoms with van der Waals surface area (Å²) < 4.78 is 0. The topological polar surface area (TPSA) is 76.6 Å². The van der Waals surface area contributed by atoms with Crippen LogP contribution < -0.4 is 10.6 Å². The van der Waals surface area contributed by atoms with Crippen LogP contribution in [0.3, 0.4) is 0 Å². The van der Waals surface area contributed by atoms with Crippen LogP contribution in [0, 0.1) is 12.3 Å². The van der Waals surface area contributed by atoms with Gasteiger partial charge in [-0.1, -0.05) is 0 Å². The largest absolute Gasteiger partial charge is 0.375 e. The monoisotopic (exact) mass is 193 g/mol. The van der Waals surface area contributed by atoms with Crippen LogP contribution >= 0.6 is 0 Å². The molecule has 5 heteroatoms.